The molecule has 1 unspecified atom stereocenters. The molecule has 0 fully saturated rings. The van der Waals surface area contributed by atoms with E-state index in [-0.39, 0.29) is 16.2 Å². The molecule has 0 saturated carbocycles. The first kappa shape index (κ1) is 16.1. The van der Waals surface area contributed by atoms with Crippen LogP contribution in [0.2, 0.25) is 0 Å². The molecule has 2 N–H and O–H groups in total. The maximum absolute atomic E-state index is 11.9. The molecule has 1 atom stereocenters. The Hall–Kier alpha value is 0.0500. The summed E-state index contributed by atoms with van der Waals surface area (Å²) >= 11 is 4.33. The predicted molar refractivity (Wildman–Crippen MR) is 77.3 cm³/mol. The molecule has 0 aliphatic heterocycles. The average molecular weight is 356 g/mol. The zero-order valence-electron chi connectivity index (χ0n) is 10.6. The first-order chi connectivity index (χ1) is 8.12. The Balaban J connectivity index is 2.61. The van der Waals surface area contributed by atoms with Crippen LogP contribution >= 0.6 is 27.3 Å². The van der Waals surface area contributed by atoms with E-state index in [4.69, 9.17) is 0 Å². The fourth-order valence-electron chi connectivity index (χ4n) is 1.52. The van der Waals surface area contributed by atoms with Gasteiger partial charge in [0.25, 0.3) is 10.0 Å². The van der Waals surface area contributed by atoms with Crippen LogP contribution in [-0.4, -0.2) is 26.2 Å². The van der Waals surface area contributed by atoms with Crippen molar-refractivity contribution in [1.29, 1.82) is 0 Å². The number of hydrogen-bond acceptors (Lipinski definition) is 4. The Bertz CT molecular complexity index is 491. The zero-order valence-corrected chi connectivity index (χ0v) is 13.8. The minimum Gasteiger partial charge on any atom is -0.392 e. The highest BCUT2D eigenvalue weighted by molar-refractivity contribution is 9.10. The van der Waals surface area contributed by atoms with Crippen LogP contribution in [0.25, 0.3) is 0 Å². The van der Waals surface area contributed by atoms with Crippen molar-refractivity contribution in [3.05, 3.63) is 15.9 Å². The standard InChI is InChI=1S/C11H18BrNO3S2/c1-11(2,3)6-8(14)7-13-18(15,16)10-9(12)4-5-17-10/h4-5,8,13-14H,6-7H2,1-3H3. The SMILES string of the molecule is CC(C)(C)CC(O)CNS(=O)(=O)c1sccc1Br. The van der Waals surface area contributed by atoms with Gasteiger partial charge in [-0.05, 0) is 39.2 Å². The van der Waals surface area contributed by atoms with Gasteiger partial charge in [-0.25, -0.2) is 13.1 Å². The largest absolute Gasteiger partial charge is 0.392 e. The summed E-state index contributed by atoms with van der Waals surface area (Å²) in [6.07, 6.45) is -0.139. The van der Waals surface area contributed by atoms with Gasteiger partial charge in [-0.2, -0.15) is 0 Å². The van der Waals surface area contributed by atoms with Gasteiger partial charge < -0.3 is 5.11 Å². The van der Waals surface area contributed by atoms with Crippen molar-refractivity contribution in [1.82, 2.24) is 4.72 Å². The molecule has 104 valence electrons. The highest BCUT2D eigenvalue weighted by Gasteiger charge is 2.22. The van der Waals surface area contributed by atoms with E-state index in [1.165, 1.54) is 0 Å². The molecule has 0 aliphatic rings. The Morgan fingerprint density at radius 3 is 2.56 bits per heavy atom. The first-order valence-corrected chi connectivity index (χ1v) is 8.68. The van der Waals surface area contributed by atoms with Gasteiger partial charge in [-0.15, -0.1) is 11.3 Å². The number of sulfonamides is 1. The first-order valence-electron chi connectivity index (χ1n) is 5.52. The Morgan fingerprint density at radius 1 is 1.50 bits per heavy atom. The smallest absolute Gasteiger partial charge is 0.251 e. The molecular weight excluding hydrogens is 338 g/mol. The second-order valence-corrected chi connectivity index (χ2v) is 9.06. The maximum Gasteiger partial charge on any atom is 0.251 e. The molecule has 0 bridgehead atoms. The van der Waals surface area contributed by atoms with Crippen molar-refractivity contribution in [3.8, 4) is 0 Å². The van der Waals surface area contributed by atoms with Gasteiger partial charge in [-0.1, -0.05) is 20.8 Å². The summed E-state index contributed by atoms with van der Waals surface area (Å²) in [5.41, 5.74) is -0.0334. The van der Waals surface area contributed by atoms with Crippen molar-refractivity contribution in [2.45, 2.75) is 37.5 Å². The van der Waals surface area contributed by atoms with E-state index in [1.54, 1.807) is 11.4 Å². The maximum atomic E-state index is 11.9. The molecule has 0 aromatic carbocycles. The molecule has 0 spiro atoms. The van der Waals surface area contributed by atoms with Gasteiger partial charge in [0.1, 0.15) is 4.21 Å². The summed E-state index contributed by atoms with van der Waals surface area (Å²) in [4.78, 5) is 0. The van der Waals surface area contributed by atoms with Crippen molar-refractivity contribution in [3.63, 3.8) is 0 Å². The molecule has 0 radical (unpaired) electrons. The summed E-state index contributed by atoms with van der Waals surface area (Å²) in [6.45, 7) is 6.03. The Kier molecular flexibility index (Phi) is 5.37. The van der Waals surface area contributed by atoms with Crippen LogP contribution in [0.3, 0.4) is 0 Å². The van der Waals surface area contributed by atoms with Crippen LogP contribution in [0.15, 0.2) is 20.1 Å². The normalized spacial score (nSPS) is 14.7. The van der Waals surface area contributed by atoms with E-state index in [2.05, 4.69) is 20.7 Å². The van der Waals surface area contributed by atoms with E-state index in [9.17, 15) is 13.5 Å². The van der Waals surface area contributed by atoms with Crippen LogP contribution in [0.5, 0.6) is 0 Å². The lowest BCUT2D eigenvalue weighted by Gasteiger charge is -2.22. The number of hydrogen-bond donors (Lipinski definition) is 2. The second-order valence-electron chi connectivity index (χ2n) is 5.33. The summed E-state index contributed by atoms with van der Waals surface area (Å²) in [5.74, 6) is 0. The lowest BCUT2D eigenvalue weighted by molar-refractivity contribution is 0.125. The fraction of sp³-hybridized carbons (Fsp3) is 0.636. The minimum absolute atomic E-state index is 0.0317. The van der Waals surface area contributed by atoms with E-state index >= 15 is 0 Å². The van der Waals surface area contributed by atoms with Crippen LogP contribution in [-0.2, 0) is 10.0 Å². The van der Waals surface area contributed by atoms with Crippen LogP contribution < -0.4 is 4.72 Å². The molecule has 0 saturated heterocycles. The van der Waals surface area contributed by atoms with Crippen molar-refractivity contribution in [2.24, 2.45) is 5.41 Å². The predicted octanol–water partition coefficient (Wildman–Crippen LogP) is 2.59. The molecule has 1 rings (SSSR count). The zero-order chi connectivity index (χ0) is 14.0. The van der Waals surface area contributed by atoms with E-state index < -0.39 is 16.1 Å². The Morgan fingerprint density at radius 2 is 2.11 bits per heavy atom. The van der Waals surface area contributed by atoms with Crippen molar-refractivity contribution < 1.29 is 13.5 Å². The number of thiophene rings is 1. The van der Waals surface area contributed by atoms with Gasteiger partial charge in [0.2, 0.25) is 0 Å². The van der Waals surface area contributed by atoms with Crippen LogP contribution in [0, 0.1) is 5.41 Å². The topological polar surface area (TPSA) is 66.4 Å². The molecule has 1 aromatic rings. The number of nitrogens with one attached hydrogen (secondary N) is 1. The summed E-state index contributed by atoms with van der Waals surface area (Å²) in [5, 5.41) is 11.5. The van der Waals surface area contributed by atoms with Crippen molar-refractivity contribution >= 4 is 37.3 Å². The van der Waals surface area contributed by atoms with E-state index in [1.807, 2.05) is 20.8 Å². The van der Waals surface area contributed by atoms with Gasteiger partial charge in [0.05, 0.1) is 6.10 Å². The number of rotatable bonds is 5. The van der Waals surface area contributed by atoms with Gasteiger partial charge >= 0.3 is 0 Å². The number of halogens is 1. The molecule has 1 aromatic heterocycles. The fourth-order valence-corrected chi connectivity index (χ4v) is 4.98. The molecule has 1 heterocycles. The third-order valence-electron chi connectivity index (χ3n) is 2.19. The molecule has 0 amide bonds. The molecule has 18 heavy (non-hydrogen) atoms. The lowest BCUT2D eigenvalue weighted by Crippen LogP contribution is -2.34. The summed E-state index contributed by atoms with van der Waals surface area (Å²) < 4.78 is 27.1. The van der Waals surface area contributed by atoms with Gasteiger partial charge in [0.15, 0.2) is 0 Å². The quantitative estimate of drug-likeness (QED) is 0.852. The monoisotopic (exact) mass is 355 g/mol. The summed E-state index contributed by atoms with van der Waals surface area (Å²) in [6, 6.07) is 1.69. The van der Waals surface area contributed by atoms with Crippen LogP contribution in [0.1, 0.15) is 27.2 Å². The van der Waals surface area contributed by atoms with Crippen LogP contribution in [0.4, 0.5) is 0 Å². The van der Waals surface area contributed by atoms with Crippen molar-refractivity contribution in [2.75, 3.05) is 6.54 Å². The third-order valence-corrected chi connectivity index (χ3v) is 6.28. The summed E-state index contributed by atoms with van der Waals surface area (Å²) in [7, 11) is -3.54. The lowest BCUT2D eigenvalue weighted by atomic mass is 9.89. The number of aliphatic hydroxyl groups is 1. The van der Waals surface area contributed by atoms with Gasteiger partial charge in [-0.3, -0.25) is 0 Å². The molecule has 7 heteroatoms. The Labute approximate surface area is 121 Å². The van der Waals surface area contributed by atoms with E-state index in [0.717, 1.165) is 11.3 Å². The number of aliphatic hydroxyl groups excluding tert-OH is 1. The van der Waals surface area contributed by atoms with Gasteiger partial charge in [0, 0.05) is 11.0 Å². The molecular formula is C11H18BrNO3S2. The molecule has 4 nitrogen and oxygen atoms in total. The third kappa shape index (κ3) is 4.97. The highest BCUT2D eigenvalue weighted by atomic mass is 79.9. The highest BCUT2D eigenvalue weighted by Crippen LogP contribution is 2.27. The minimum atomic E-state index is -3.54. The average Bonchev–Trinajstić information content (AvgIpc) is 2.60. The molecule has 0 aliphatic carbocycles. The second kappa shape index (κ2) is 6.00. The van der Waals surface area contributed by atoms with E-state index in [0.29, 0.717) is 10.9 Å².